The Morgan fingerprint density at radius 3 is 2.53 bits per heavy atom. The number of benzene rings is 1. The van der Waals surface area contributed by atoms with Crippen molar-refractivity contribution in [3.63, 3.8) is 0 Å². The van der Waals surface area contributed by atoms with Gasteiger partial charge >= 0.3 is 0 Å². The molecule has 1 aliphatic rings. The highest BCUT2D eigenvalue weighted by molar-refractivity contribution is 5.30. The average molecular weight is 206 g/mol. The predicted molar refractivity (Wildman–Crippen MR) is 60.4 cm³/mol. The van der Waals surface area contributed by atoms with Gasteiger partial charge < -0.3 is 4.74 Å². The molecular formula is C12H18N2O. The van der Waals surface area contributed by atoms with Gasteiger partial charge in [0.15, 0.2) is 0 Å². The normalized spacial score (nSPS) is 17.5. The van der Waals surface area contributed by atoms with Crippen LogP contribution in [0.4, 0.5) is 0 Å². The highest BCUT2D eigenvalue weighted by Crippen LogP contribution is 2.40. The summed E-state index contributed by atoms with van der Waals surface area (Å²) in [6, 6.07) is 8.50. The van der Waals surface area contributed by atoms with E-state index in [1.807, 2.05) is 19.1 Å². The van der Waals surface area contributed by atoms with Crippen molar-refractivity contribution in [3.8, 4) is 5.75 Å². The van der Waals surface area contributed by atoms with E-state index in [-0.39, 0.29) is 0 Å². The lowest BCUT2D eigenvalue weighted by atomic mass is 10.0. The molecule has 0 aromatic heterocycles. The monoisotopic (exact) mass is 206 g/mol. The molecule has 1 unspecified atom stereocenters. The molecule has 1 aliphatic carbocycles. The number of hydrogen-bond acceptors (Lipinski definition) is 3. The molecule has 1 atom stereocenters. The summed E-state index contributed by atoms with van der Waals surface area (Å²) in [5, 5.41) is 0. The molecule has 15 heavy (non-hydrogen) atoms. The number of hydrogen-bond donors (Lipinski definition) is 2. The van der Waals surface area contributed by atoms with Crippen molar-refractivity contribution in [3.05, 3.63) is 29.8 Å². The molecule has 0 aliphatic heterocycles. The number of nitrogens with two attached hydrogens (primary N) is 1. The van der Waals surface area contributed by atoms with E-state index in [9.17, 15) is 0 Å². The third-order valence-electron chi connectivity index (χ3n) is 2.82. The molecular weight excluding hydrogens is 188 g/mol. The van der Waals surface area contributed by atoms with E-state index in [0.29, 0.717) is 18.6 Å². The summed E-state index contributed by atoms with van der Waals surface area (Å²) in [6.45, 7) is 2.70. The van der Waals surface area contributed by atoms with Crippen LogP contribution in [0.5, 0.6) is 5.75 Å². The molecule has 1 aromatic rings. The first-order chi connectivity index (χ1) is 7.35. The molecule has 3 nitrogen and oxygen atoms in total. The van der Waals surface area contributed by atoms with E-state index in [4.69, 9.17) is 10.6 Å². The molecule has 3 N–H and O–H groups in total. The van der Waals surface area contributed by atoms with Crippen LogP contribution in [0.1, 0.15) is 31.4 Å². The summed E-state index contributed by atoms with van der Waals surface area (Å²) in [7, 11) is 0. The predicted octanol–water partition coefficient (Wildman–Crippen LogP) is 2.00. The molecule has 1 aromatic carbocycles. The van der Waals surface area contributed by atoms with Crippen LogP contribution in [0.25, 0.3) is 0 Å². The summed E-state index contributed by atoms with van der Waals surface area (Å²) < 4.78 is 5.40. The maximum Gasteiger partial charge on any atom is 0.119 e. The Labute approximate surface area is 90.6 Å². The van der Waals surface area contributed by atoms with Crippen molar-refractivity contribution in [2.45, 2.75) is 25.8 Å². The first-order valence-corrected chi connectivity index (χ1v) is 5.54. The zero-order valence-corrected chi connectivity index (χ0v) is 9.07. The molecule has 0 bridgehead atoms. The highest BCUT2D eigenvalue weighted by Gasteiger charge is 2.31. The second-order valence-corrected chi connectivity index (χ2v) is 3.98. The van der Waals surface area contributed by atoms with Crippen LogP contribution in [0.3, 0.4) is 0 Å². The first kappa shape index (κ1) is 10.5. The van der Waals surface area contributed by atoms with Gasteiger partial charge in [-0.1, -0.05) is 12.1 Å². The van der Waals surface area contributed by atoms with E-state index in [1.54, 1.807) is 0 Å². The fraction of sp³-hybridized carbons (Fsp3) is 0.500. The summed E-state index contributed by atoms with van der Waals surface area (Å²) in [6.07, 6.45) is 2.56. The number of nitrogens with one attached hydrogen (secondary N) is 1. The van der Waals surface area contributed by atoms with E-state index in [0.717, 1.165) is 5.75 Å². The van der Waals surface area contributed by atoms with Gasteiger partial charge in [-0.05, 0) is 43.4 Å². The molecule has 0 amide bonds. The minimum atomic E-state index is 0.306. The second kappa shape index (κ2) is 4.64. The molecule has 1 saturated carbocycles. The third kappa shape index (κ3) is 2.49. The van der Waals surface area contributed by atoms with Crippen LogP contribution in [0.15, 0.2) is 24.3 Å². The lowest BCUT2D eigenvalue weighted by Gasteiger charge is -2.15. The molecule has 0 radical (unpaired) electrons. The smallest absolute Gasteiger partial charge is 0.119 e. The molecule has 82 valence electrons. The zero-order valence-electron chi connectivity index (χ0n) is 9.07. The quantitative estimate of drug-likeness (QED) is 0.572. The van der Waals surface area contributed by atoms with Gasteiger partial charge in [-0.15, -0.1) is 0 Å². The molecule has 0 spiro atoms. The third-order valence-corrected chi connectivity index (χ3v) is 2.82. The van der Waals surface area contributed by atoms with Gasteiger partial charge in [0.2, 0.25) is 0 Å². The Morgan fingerprint density at radius 1 is 1.40 bits per heavy atom. The summed E-state index contributed by atoms with van der Waals surface area (Å²) in [4.78, 5) is 0. The lowest BCUT2D eigenvalue weighted by molar-refractivity contribution is 0.340. The van der Waals surface area contributed by atoms with Crippen molar-refractivity contribution < 1.29 is 4.74 Å². The van der Waals surface area contributed by atoms with Gasteiger partial charge in [-0.25, -0.2) is 0 Å². The Bertz CT molecular complexity index is 306. The second-order valence-electron chi connectivity index (χ2n) is 3.98. The van der Waals surface area contributed by atoms with Gasteiger partial charge in [0.1, 0.15) is 5.75 Å². The largest absolute Gasteiger partial charge is 0.494 e. The van der Waals surface area contributed by atoms with Crippen molar-refractivity contribution in [2.24, 2.45) is 11.8 Å². The first-order valence-electron chi connectivity index (χ1n) is 5.54. The van der Waals surface area contributed by atoms with Crippen LogP contribution in [0, 0.1) is 5.92 Å². The van der Waals surface area contributed by atoms with Gasteiger partial charge in [-0.2, -0.15) is 0 Å². The number of ether oxygens (including phenoxy) is 1. The Hall–Kier alpha value is -1.06. The molecule has 0 heterocycles. The minimum absolute atomic E-state index is 0.306. The van der Waals surface area contributed by atoms with E-state index < -0.39 is 0 Å². The van der Waals surface area contributed by atoms with Crippen LogP contribution < -0.4 is 16.0 Å². The average Bonchev–Trinajstić information content (AvgIpc) is 3.06. The van der Waals surface area contributed by atoms with Gasteiger partial charge in [0.25, 0.3) is 0 Å². The number of hydrazine groups is 1. The van der Waals surface area contributed by atoms with Crippen LogP contribution >= 0.6 is 0 Å². The summed E-state index contributed by atoms with van der Waals surface area (Å²) >= 11 is 0. The summed E-state index contributed by atoms with van der Waals surface area (Å²) in [5.74, 6) is 7.20. The fourth-order valence-corrected chi connectivity index (χ4v) is 1.87. The lowest BCUT2D eigenvalue weighted by Crippen LogP contribution is -2.29. The molecule has 2 rings (SSSR count). The van der Waals surface area contributed by atoms with Crippen molar-refractivity contribution in [1.29, 1.82) is 0 Å². The van der Waals surface area contributed by atoms with E-state index in [2.05, 4.69) is 17.6 Å². The van der Waals surface area contributed by atoms with Crippen molar-refractivity contribution in [2.75, 3.05) is 6.61 Å². The maximum atomic E-state index is 5.56. The highest BCUT2D eigenvalue weighted by atomic mass is 16.5. The van der Waals surface area contributed by atoms with Crippen molar-refractivity contribution in [1.82, 2.24) is 5.43 Å². The standard InChI is InChI=1S/C12H18N2O/c1-2-15-11-7-5-10(6-8-11)12(14-13)9-3-4-9/h5-9,12,14H,2-4,13H2,1H3. The molecule has 3 heteroatoms. The minimum Gasteiger partial charge on any atom is -0.494 e. The van der Waals surface area contributed by atoms with Crippen molar-refractivity contribution >= 4 is 0 Å². The van der Waals surface area contributed by atoms with Gasteiger partial charge in [0.05, 0.1) is 6.61 Å². The van der Waals surface area contributed by atoms with Crippen LogP contribution in [-0.4, -0.2) is 6.61 Å². The molecule has 1 fully saturated rings. The topological polar surface area (TPSA) is 47.3 Å². The Balaban J connectivity index is 2.07. The summed E-state index contributed by atoms with van der Waals surface area (Å²) in [5.41, 5.74) is 4.14. The van der Waals surface area contributed by atoms with Gasteiger partial charge in [-0.3, -0.25) is 11.3 Å². The zero-order chi connectivity index (χ0) is 10.7. The number of rotatable bonds is 5. The van der Waals surface area contributed by atoms with Crippen LogP contribution in [0.2, 0.25) is 0 Å². The van der Waals surface area contributed by atoms with Crippen LogP contribution in [-0.2, 0) is 0 Å². The van der Waals surface area contributed by atoms with Gasteiger partial charge in [0, 0.05) is 6.04 Å². The Morgan fingerprint density at radius 2 is 2.07 bits per heavy atom. The fourth-order valence-electron chi connectivity index (χ4n) is 1.87. The maximum absolute atomic E-state index is 5.56. The van der Waals surface area contributed by atoms with E-state index >= 15 is 0 Å². The SMILES string of the molecule is CCOc1ccc(C(NN)C2CC2)cc1. The molecule has 0 saturated heterocycles. The van der Waals surface area contributed by atoms with E-state index in [1.165, 1.54) is 18.4 Å². The Kier molecular flexibility index (Phi) is 3.23.